The van der Waals surface area contributed by atoms with Crippen molar-refractivity contribution in [3.63, 3.8) is 0 Å². The van der Waals surface area contributed by atoms with E-state index in [1.165, 1.54) is 11.3 Å². The molecule has 1 heterocycles. The van der Waals surface area contributed by atoms with Crippen molar-refractivity contribution in [1.29, 1.82) is 5.26 Å². The smallest absolute Gasteiger partial charge is 0.196 e. The second-order valence-electron chi connectivity index (χ2n) is 4.83. The summed E-state index contributed by atoms with van der Waals surface area (Å²) in [5.41, 5.74) is 5.08. The molecule has 4 nitrogen and oxygen atoms in total. The minimum Gasteiger partial charge on any atom is -0.276 e. The fraction of sp³-hybridized carbons (Fsp3) is 0. The lowest BCUT2D eigenvalue weighted by atomic mass is 10.2. The lowest BCUT2D eigenvalue weighted by Gasteiger charge is -2.04. The SMILES string of the molecule is N#CC(=NNc1cccc(Cl)c1Cl)c1nc(-c2ccc(Cl)cc2)cs1. The third kappa shape index (κ3) is 4.12. The Hall–Kier alpha value is -2.10. The van der Waals surface area contributed by atoms with Gasteiger partial charge < -0.3 is 0 Å². The van der Waals surface area contributed by atoms with Gasteiger partial charge in [-0.15, -0.1) is 11.3 Å². The summed E-state index contributed by atoms with van der Waals surface area (Å²) in [6.45, 7) is 0. The zero-order chi connectivity index (χ0) is 17.8. The van der Waals surface area contributed by atoms with Gasteiger partial charge in [0.15, 0.2) is 10.7 Å². The van der Waals surface area contributed by atoms with E-state index in [1.807, 2.05) is 23.6 Å². The molecule has 0 fully saturated rings. The molecule has 0 bridgehead atoms. The maximum Gasteiger partial charge on any atom is 0.196 e. The van der Waals surface area contributed by atoms with Crippen LogP contribution in [0.4, 0.5) is 5.69 Å². The van der Waals surface area contributed by atoms with Gasteiger partial charge >= 0.3 is 0 Å². The number of thiazole rings is 1. The Labute approximate surface area is 163 Å². The Morgan fingerprint density at radius 3 is 2.60 bits per heavy atom. The molecule has 8 heteroatoms. The summed E-state index contributed by atoms with van der Waals surface area (Å²) in [5, 5.41) is 17.2. The number of rotatable bonds is 4. The summed E-state index contributed by atoms with van der Waals surface area (Å²) >= 11 is 19.3. The molecule has 0 atom stereocenters. The van der Waals surface area contributed by atoms with Crippen LogP contribution >= 0.6 is 46.1 Å². The summed E-state index contributed by atoms with van der Waals surface area (Å²) in [7, 11) is 0. The van der Waals surface area contributed by atoms with Crippen molar-refractivity contribution in [2.75, 3.05) is 5.43 Å². The van der Waals surface area contributed by atoms with Gasteiger partial charge in [-0.25, -0.2) is 4.98 Å². The molecule has 1 N–H and O–H groups in total. The van der Waals surface area contributed by atoms with Crippen molar-refractivity contribution in [2.45, 2.75) is 0 Å². The normalized spacial score (nSPS) is 11.2. The number of nitrogens with one attached hydrogen (secondary N) is 1. The van der Waals surface area contributed by atoms with E-state index < -0.39 is 0 Å². The third-order valence-corrected chi connectivity index (χ3v) is 5.11. The Morgan fingerprint density at radius 2 is 1.88 bits per heavy atom. The standard InChI is InChI=1S/C17H9Cl3N4S/c18-11-6-4-10(5-7-11)15-9-25-17(22-15)14(8-21)24-23-13-3-1-2-12(19)16(13)20/h1-7,9,23H. The molecule has 1 aromatic heterocycles. The van der Waals surface area contributed by atoms with Crippen molar-refractivity contribution < 1.29 is 0 Å². The van der Waals surface area contributed by atoms with Gasteiger partial charge in [0, 0.05) is 16.0 Å². The average Bonchev–Trinajstić information content (AvgIpc) is 3.09. The minimum atomic E-state index is 0.154. The summed E-state index contributed by atoms with van der Waals surface area (Å²) in [6, 6.07) is 14.5. The van der Waals surface area contributed by atoms with Crippen LogP contribution < -0.4 is 5.43 Å². The molecule has 0 aliphatic heterocycles. The highest BCUT2D eigenvalue weighted by atomic mass is 35.5. The Balaban J connectivity index is 1.85. The number of hydrogen-bond acceptors (Lipinski definition) is 5. The molecule has 0 aliphatic carbocycles. The zero-order valence-electron chi connectivity index (χ0n) is 12.5. The molecule has 0 amide bonds. The Bertz CT molecular complexity index is 974. The first-order valence-corrected chi connectivity index (χ1v) is 8.99. The van der Waals surface area contributed by atoms with Gasteiger partial charge in [0.25, 0.3) is 0 Å². The number of nitrogens with zero attached hydrogens (tertiary/aromatic N) is 3. The minimum absolute atomic E-state index is 0.154. The fourth-order valence-corrected chi connectivity index (χ4v) is 3.20. The van der Waals surface area contributed by atoms with Gasteiger partial charge in [0.1, 0.15) is 6.07 Å². The van der Waals surface area contributed by atoms with Crippen LogP contribution in [-0.2, 0) is 0 Å². The van der Waals surface area contributed by atoms with E-state index in [1.54, 1.807) is 30.3 Å². The molecule has 25 heavy (non-hydrogen) atoms. The van der Waals surface area contributed by atoms with Crippen LogP contribution in [0.1, 0.15) is 5.01 Å². The largest absolute Gasteiger partial charge is 0.276 e. The number of nitriles is 1. The van der Waals surface area contributed by atoms with Crippen molar-refractivity contribution in [2.24, 2.45) is 5.10 Å². The van der Waals surface area contributed by atoms with Crippen molar-refractivity contribution in [3.8, 4) is 17.3 Å². The van der Waals surface area contributed by atoms with Crippen molar-refractivity contribution in [1.82, 2.24) is 4.98 Å². The highest BCUT2D eigenvalue weighted by Crippen LogP contribution is 2.29. The molecular weight excluding hydrogens is 399 g/mol. The molecule has 124 valence electrons. The van der Waals surface area contributed by atoms with Crippen LogP contribution in [0.15, 0.2) is 52.9 Å². The van der Waals surface area contributed by atoms with E-state index in [9.17, 15) is 5.26 Å². The third-order valence-electron chi connectivity index (χ3n) is 3.19. The first-order chi connectivity index (χ1) is 12.1. The predicted octanol–water partition coefficient (Wildman–Crippen LogP) is 6.11. The van der Waals surface area contributed by atoms with Crippen molar-refractivity contribution in [3.05, 3.63) is 67.9 Å². The molecule has 0 aliphatic rings. The number of hydrazone groups is 1. The summed E-state index contributed by atoms with van der Waals surface area (Å²) in [4.78, 5) is 4.46. The van der Waals surface area contributed by atoms with E-state index in [0.717, 1.165) is 11.3 Å². The van der Waals surface area contributed by atoms with Gasteiger partial charge in [-0.05, 0) is 24.3 Å². The highest BCUT2D eigenvalue weighted by molar-refractivity contribution is 7.12. The predicted molar refractivity (Wildman–Crippen MR) is 105 cm³/mol. The van der Waals surface area contributed by atoms with Crippen molar-refractivity contribution >= 4 is 57.5 Å². The first-order valence-electron chi connectivity index (χ1n) is 6.98. The first kappa shape index (κ1) is 17.7. The van der Waals surface area contributed by atoms with Gasteiger partial charge in [-0.1, -0.05) is 53.0 Å². The molecule has 0 unspecified atom stereocenters. The van der Waals surface area contributed by atoms with E-state index in [4.69, 9.17) is 34.8 Å². The number of aromatic nitrogens is 1. The monoisotopic (exact) mass is 406 g/mol. The molecule has 2 aromatic carbocycles. The maximum absolute atomic E-state index is 9.37. The molecule has 0 spiro atoms. The van der Waals surface area contributed by atoms with Crippen LogP contribution in [-0.4, -0.2) is 10.7 Å². The van der Waals surface area contributed by atoms with E-state index in [0.29, 0.717) is 25.8 Å². The number of anilines is 1. The van der Waals surface area contributed by atoms with E-state index in [2.05, 4.69) is 15.5 Å². The molecule has 0 saturated carbocycles. The molecule has 0 radical (unpaired) electrons. The van der Waals surface area contributed by atoms with Crippen LogP contribution in [0.2, 0.25) is 15.1 Å². The second-order valence-corrected chi connectivity index (χ2v) is 6.91. The molecule has 3 rings (SSSR count). The summed E-state index contributed by atoms with van der Waals surface area (Å²) in [5.74, 6) is 0. The lowest BCUT2D eigenvalue weighted by Crippen LogP contribution is -2.01. The van der Waals surface area contributed by atoms with Gasteiger partial charge in [0.05, 0.1) is 21.4 Å². The quantitative estimate of drug-likeness (QED) is 0.419. The molecular formula is C17H9Cl3N4S. The number of benzene rings is 2. The van der Waals surface area contributed by atoms with Gasteiger partial charge in [-0.2, -0.15) is 10.4 Å². The van der Waals surface area contributed by atoms with Crippen LogP contribution in [0, 0.1) is 11.3 Å². The number of hydrogen-bond donors (Lipinski definition) is 1. The summed E-state index contributed by atoms with van der Waals surface area (Å²) < 4.78 is 0. The fourth-order valence-electron chi connectivity index (χ4n) is 1.96. The summed E-state index contributed by atoms with van der Waals surface area (Å²) in [6.07, 6.45) is 0. The Morgan fingerprint density at radius 1 is 1.12 bits per heavy atom. The van der Waals surface area contributed by atoms with Gasteiger partial charge in [0.2, 0.25) is 0 Å². The Kier molecular flexibility index (Phi) is 5.57. The average molecular weight is 408 g/mol. The van der Waals surface area contributed by atoms with E-state index in [-0.39, 0.29) is 5.71 Å². The van der Waals surface area contributed by atoms with Gasteiger partial charge in [-0.3, -0.25) is 5.43 Å². The van der Waals surface area contributed by atoms with Crippen LogP contribution in [0.5, 0.6) is 0 Å². The zero-order valence-corrected chi connectivity index (χ0v) is 15.6. The maximum atomic E-state index is 9.37. The highest BCUT2D eigenvalue weighted by Gasteiger charge is 2.11. The number of halogens is 3. The van der Waals surface area contributed by atoms with Crippen LogP contribution in [0.3, 0.4) is 0 Å². The molecule has 3 aromatic rings. The van der Waals surface area contributed by atoms with E-state index >= 15 is 0 Å². The van der Waals surface area contributed by atoms with Crippen LogP contribution in [0.25, 0.3) is 11.3 Å². The molecule has 0 saturated heterocycles. The second kappa shape index (κ2) is 7.85. The lowest BCUT2D eigenvalue weighted by molar-refractivity contribution is 1.31. The topological polar surface area (TPSA) is 61.1 Å².